The molecular weight excluding hydrogens is 354 g/mol. The van der Waals surface area contributed by atoms with Crippen molar-refractivity contribution in [2.45, 2.75) is 20.8 Å². The van der Waals surface area contributed by atoms with Crippen LogP contribution < -0.4 is 22.3 Å². The minimum Gasteiger partial charge on any atom is -0.461 e. The van der Waals surface area contributed by atoms with Crippen LogP contribution in [0.1, 0.15) is 23.6 Å². The number of esters is 1. The van der Waals surface area contributed by atoms with Crippen LogP contribution in [-0.4, -0.2) is 12.6 Å². The molecule has 8 heteroatoms. The molecule has 2 rings (SSSR count). The molecule has 0 fully saturated rings. The number of ether oxygens (including phenoxy) is 1. The van der Waals surface area contributed by atoms with Crippen molar-refractivity contribution >= 4 is 23.0 Å². The molecule has 0 bridgehead atoms. The van der Waals surface area contributed by atoms with Crippen molar-refractivity contribution in [2.75, 3.05) is 17.3 Å². The minimum absolute atomic E-state index is 0.0168. The fraction of sp³-hybridized carbons (Fsp3) is 0.211. The molecule has 0 amide bonds. The van der Waals surface area contributed by atoms with Gasteiger partial charge in [0.05, 0.1) is 23.7 Å². The molecule has 0 atom stereocenters. The number of anilines is 2. The summed E-state index contributed by atoms with van der Waals surface area (Å²) in [4.78, 5) is 12.5. The number of hydrogen-bond acceptors (Lipinski definition) is 6. The van der Waals surface area contributed by atoms with Gasteiger partial charge in [-0.3, -0.25) is 5.01 Å². The zero-order valence-corrected chi connectivity index (χ0v) is 15.3. The number of carbonyl (C=O) groups is 1. The Labute approximate surface area is 156 Å². The number of carbonyl (C=O) groups excluding carboxylic acids is 1. The third-order valence-corrected chi connectivity index (χ3v) is 4.11. The van der Waals surface area contributed by atoms with Crippen molar-refractivity contribution in [3.8, 4) is 0 Å². The lowest BCUT2D eigenvalue weighted by molar-refractivity contribution is -0.138. The molecule has 2 aromatic carbocycles. The van der Waals surface area contributed by atoms with Crippen LogP contribution in [0.25, 0.3) is 5.70 Å². The molecular formula is C19H22F2N4O2. The highest BCUT2D eigenvalue weighted by Gasteiger charge is 2.25. The summed E-state index contributed by atoms with van der Waals surface area (Å²) in [5, 5.41) is 0.806. The fourth-order valence-electron chi connectivity index (χ4n) is 2.46. The monoisotopic (exact) mass is 376 g/mol. The summed E-state index contributed by atoms with van der Waals surface area (Å²) in [6.45, 7) is 5.52. The Morgan fingerprint density at radius 3 is 2.33 bits per heavy atom. The van der Waals surface area contributed by atoms with E-state index in [2.05, 4.69) is 0 Å². The smallest absolute Gasteiger partial charge is 0.358 e. The Hall–Kier alpha value is -3.13. The summed E-state index contributed by atoms with van der Waals surface area (Å²) < 4.78 is 32.1. The average Bonchev–Trinajstić information content (AvgIpc) is 2.60. The summed E-state index contributed by atoms with van der Waals surface area (Å²) in [6, 6.07) is 6.91. The highest BCUT2D eigenvalue weighted by Crippen LogP contribution is 2.29. The molecule has 0 aliphatic heterocycles. The summed E-state index contributed by atoms with van der Waals surface area (Å²) >= 11 is 0. The van der Waals surface area contributed by atoms with Crippen molar-refractivity contribution < 1.29 is 18.3 Å². The van der Waals surface area contributed by atoms with Crippen LogP contribution in [0.4, 0.5) is 20.2 Å². The summed E-state index contributed by atoms with van der Waals surface area (Å²) in [7, 11) is 0. The van der Waals surface area contributed by atoms with Gasteiger partial charge in [0.25, 0.3) is 0 Å². The van der Waals surface area contributed by atoms with Crippen molar-refractivity contribution in [1.29, 1.82) is 0 Å². The second kappa shape index (κ2) is 8.05. The molecule has 27 heavy (non-hydrogen) atoms. The van der Waals surface area contributed by atoms with E-state index in [0.717, 1.165) is 28.3 Å². The van der Waals surface area contributed by atoms with E-state index in [1.807, 2.05) is 19.9 Å². The Bertz CT molecular complexity index is 913. The minimum atomic E-state index is -1.16. The van der Waals surface area contributed by atoms with Gasteiger partial charge in [0.2, 0.25) is 0 Å². The van der Waals surface area contributed by atoms with Gasteiger partial charge in [0, 0.05) is 17.7 Å². The molecule has 144 valence electrons. The van der Waals surface area contributed by atoms with E-state index in [4.69, 9.17) is 22.0 Å². The number of nitrogens with two attached hydrogens (primary N) is 3. The quantitative estimate of drug-likeness (QED) is 0.243. The average molecular weight is 376 g/mol. The number of rotatable bonds is 5. The number of hydrogen-bond donors (Lipinski definition) is 3. The maximum atomic E-state index is 13.7. The highest BCUT2D eigenvalue weighted by atomic mass is 19.2. The number of hydrazine groups is 1. The summed E-state index contributed by atoms with van der Waals surface area (Å²) in [5.74, 6) is 2.91. The molecule has 0 saturated heterocycles. The Balaban J connectivity index is 2.65. The number of aryl methyl sites for hydroxylation is 2. The van der Waals surface area contributed by atoms with E-state index in [1.54, 1.807) is 19.1 Å². The molecule has 0 saturated carbocycles. The summed E-state index contributed by atoms with van der Waals surface area (Å²) in [5.41, 5.74) is 14.0. The molecule has 0 aromatic heterocycles. The van der Waals surface area contributed by atoms with Gasteiger partial charge in [-0.15, -0.1) is 0 Å². The SMILES string of the molecule is CCOC(=O)/C(=C(\N)c1ccc(C)c(C)c1)N(N)c1cc(F)c(F)cc1N. The molecule has 0 heterocycles. The van der Waals surface area contributed by atoms with Crippen LogP contribution >= 0.6 is 0 Å². The predicted molar refractivity (Wildman–Crippen MR) is 101 cm³/mol. The predicted octanol–water partition coefficient (Wildman–Crippen LogP) is 2.73. The summed E-state index contributed by atoms with van der Waals surface area (Å²) in [6.07, 6.45) is 0. The standard InChI is InChI=1S/C19H22F2N4O2/c1-4-27-19(26)18(17(23)12-6-5-10(2)11(3)7-12)25(24)16-9-14(21)13(20)8-15(16)22/h5-9H,4,22-24H2,1-3H3/b18-17+. The number of nitrogens with zero attached hydrogens (tertiary/aromatic N) is 1. The fourth-order valence-corrected chi connectivity index (χ4v) is 2.46. The Kier molecular flexibility index (Phi) is 6.02. The zero-order chi connectivity index (χ0) is 20.3. The molecule has 0 aliphatic carbocycles. The van der Waals surface area contributed by atoms with Gasteiger partial charge in [-0.2, -0.15) is 0 Å². The molecule has 2 aromatic rings. The first kappa shape index (κ1) is 20.2. The molecule has 6 N–H and O–H groups in total. The van der Waals surface area contributed by atoms with Crippen molar-refractivity contribution in [2.24, 2.45) is 11.6 Å². The van der Waals surface area contributed by atoms with Gasteiger partial charge < -0.3 is 16.2 Å². The van der Waals surface area contributed by atoms with Crippen LogP contribution in [0.15, 0.2) is 36.0 Å². The van der Waals surface area contributed by atoms with Crippen LogP contribution in [0.5, 0.6) is 0 Å². The molecule has 0 unspecified atom stereocenters. The second-order valence-corrected chi connectivity index (χ2v) is 5.98. The normalized spacial score (nSPS) is 11.8. The van der Waals surface area contributed by atoms with Crippen molar-refractivity contribution in [3.05, 3.63) is 64.4 Å². The van der Waals surface area contributed by atoms with Crippen LogP contribution in [-0.2, 0) is 9.53 Å². The van der Waals surface area contributed by atoms with Gasteiger partial charge in [0.1, 0.15) is 0 Å². The first-order chi connectivity index (χ1) is 12.7. The van der Waals surface area contributed by atoms with E-state index in [-0.39, 0.29) is 29.4 Å². The molecule has 0 radical (unpaired) electrons. The molecule has 6 nitrogen and oxygen atoms in total. The highest BCUT2D eigenvalue weighted by molar-refractivity contribution is 6.01. The maximum absolute atomic E-state index is 13.7. The van der Waals surface area contributed by atoms with E-state index >= 15 is 0 Å². The Morgan fingerprint density at radius 2 is 1.74 bits per heavy atom. The third-order valence-electron chi connectivity index (χ3n) is 4.11. The lowest BCUT2D eigenvalue weighted by atomic mass is 10.0. The van der Waals surface area contributed by atoms with E-state index in [9.17, 15) is 13.6 Å². The number of nitrogen functional groups attached to an aromatic ring is 1. The maximum Gasteiger partial charge on any atom is 0.358 e. The van der Waals surface area contributed by atoms with E-state index < -0.39 is 17.6 Å². The molecule has 0 aliphatic rings. The lowest BCUT2D eigenvalue weighted by Gasteiger charge is -2.24. The van der Waals surface area contributed by atoms with Gasteiger partial charge in [-0.25, -0.2) is 19.4 Å². The van der Waals surface area contributed by atoms with Gasteiger partial charge in [-0.1, -0.05) is 12.1 Å². The van der Waals surface area contributed by atoms with E-state index in [0.29, 0.717) is 5.56 Å². The third kappa shape index (κ3) is 4.17. The van der Waals surface area contributed by atoms with Crippen molar-refractivity contribution in [1.82, 2.24) is 0 Å². The van der Waals surface area contributed by atoms with Crippen LogP contribution in [0.3, 0.4) is 0 Å². The first-order valence-electron chi connectivity index (χ1n) is 8.21. The number of halogens is 2. The van der Waals surface area contributed by atoms with Crippen LogP contribution in [0.2, 0.25) is 0 Å². The lowest BCUT2D eigenvalue weighted by Crippen LogP contribution is -2.37. The van der Waals surface area contributed by atoms with Crippen molar-refractivity contribution in [3.63, 3.8) is 0 Å². The first-order valence-corrected chi connectivity index (χ1v) is 8.21. The van der Waals surface area contributed by atoms with Gasteiger partial charge in [0.15, 0.2) is 17.3 Å². The zero-order valence-electron chi connectivity index (χ0n) is 15.3. The second-order valence-electron chi connectivity index (χ2n) is 5.98. The number of benzene rings is 2. The van der Waals surface area contributed by atoms with Gasteiger partial charge >= 0.3 is 5.97 Å². The van der Waals surface area contributed by atoms with Crippen LogP contribution in [0, 0.1) is 25.5 Å². The topological polar surface area (TPSA) is 108 Å². The Morgan fingerprint density at radius 1 is 1.11 bits per heavy atom. The van der Waals surface area contributed by atoms with E-state index in [1.165, 1.54) is 0 Å². The molecule has 0 spiro atoms. The van der Waals surface area contributed by atoms with Gasteiger partial charge in [-0.05, 0) is 38.0 Å². The largest absolute Gasteiger partial charge is 0.461 e.